The summed E-state index contributed by atoms with van der Waals surface area (Å²) in [6, 6.07) is 8.61. The molecule has 1 nitrogen and oxygen atoms in total. The number of furan rings is 1. The molecule has 1 heterocycles. The Morgan fingerprint density at radius 2 is 1.53 bits per heavy atom. The zero-order chi connectivity index (χ0) is 12.6. The van der Waals surface area contributed by atoms with Crippen LogP contribution in [0.3, 0.4) is 0 Å². The third-order valence-corrected chi connectivity index (χ3v) is 4.23. The largest absolute Gasteiger partial charge is 0.466 e. The Balaban J connectivity index is 2.43. The van der Waals surface area contributed by atoms with Gasteiger partial charge in [0.2, 0.25) is 0 Å². The summed E-state index contributed by atoms with van der Waals surface area (Å²) in [6.45, 7) is 8.26. The second-order valence-corrected chi connectivity index (χ2v) is 5.44. The first kappa shape index (κ1) is 12.4. The minimum Gasteiger partial charge on any atom is -0.466 e. The standard InChI is InChI=1S/C15H17BrO/c1-9-5-7-13(8-6-9)15(16)14-10(2)11(3)17-12(14)4/h5-8,15H,1-4H3. The summed E-state index contributed by atoms with van der Waals surface area (Å²) in [5.41, 5.74) is 5.05. The van der Waals surface area contributed by atoms with Gasteiger partial charge in [-0.05, 0) is 38.8 Å². The Hall–Kier alpha value is -1.02. The molecular weight excluding hydrogens is 276 g/mol. The van der Waals surface area contributed by atoms with Crippen molar-refractivity contribution in [2.24, 2.45) is 0 Å². The highest BCUT2D eigenvalue weighted by Crippen LogP contribution is 2.37. The van der Waals surface area contributed by atoms with Crippen LogP contribution in [0.4, 0.5) is 0 Å². The first-order valence-electron chi connectivity index (χ1n) is 5.78. The van der Waals surface area contributed by atoms with Gasteiger partial charge in [-0.25, -0.2) is 0 Å². The SMILES string of the molecule is Cc1ccc(C(Br)c2c(C)oc(C)c2C)cc1. The fourth-order valence-corrected chi connectivity index (χ4v) is 3.06. The van der Waals surface area contributed by atoms with Crippen molar-refractivity contribution in [3.05, 3.63) is 58.0 Å². The number of aryl methyl sites for hydroxylation is 3. The van der Waals surface area contributed by atoms with E-state index in [1.165, 1.54) is 22.3 Å². The summed E-state index contributed by atoms with van der Waals surface area (Å²) < 4.78 is 5.68. The van der Waals surface area contributed by atoms with Crippen LogP contribution in [0.25, 0.3) is 0 Å². The first-order chi connectivity index (χ1) is 8.00. The van der Waals surface area contributed by atoms with E-state index in [9.17, 15) is 0 Å². The molecule has 1 aromatic heterocycles. The number of benzene rings is 1. The van der Waals surface area contributed by atoms with Crippen LogP contribution in [0.5, 0.6) is 0 Å². The second-order valence-electron chi connectivity index (χ2n) is 4.53. The smallest absolute Gasteiger partial charge is 0.106 e. The first-order valence-corrected chi connectivity index (χ1v) is 6.69. The van der Waals surface area contributed by atoms with Crippen molar-refractivity contribution in [1.29, 1.82) is 0 Å². The van der Waals surface area contributed by atoms with Crippen molar-refractivity contribution in [2.45, 2.75) is 32.5 Å². The van der Waals surface area contributed by atoms with Gasteiger partial charge in [0.15, 0.2) is 0 Å². The minimum absolute atomic E-state index is 0.209. The lowest BCUT2D eigenvalue weighted by Gasteiger charge is -2.11. The molecule has 0 aliphatic rings. The molecule has 1 aromatic carbocycles. The molecule has 0 N–H and O–H groups in total. The molecule has 17 heavy (non-hydrogen) atoms. The highest BCUT2D eigenvalue weighted by Gasteiger charge is 2.19. The molecule has 2 aromatic rings. The molecule has 0 radical (unpaired) electrons. The third-order valence-electron chi connectivity index (χ3n) is 3.24. The molecule has 2 rings (SSSR count). The highest BCUT2D eigenvalue weighted by atomic mass is 79.9. The normalized spacial score (nSPS) is 12.8. The highest BCUT2D eigenvalue weighted by molar-refractivity contribution is 9.09. The van der Waals surface area contributed by atoms with Crippen LogP contribution >= 0.6 is 15.9 Å². The van der Waals surface area contributed by atoms with E-state index in [0.29, 0.717) is 0 Å². The van der Waals surface area contributed by atoms with Crippen LogP contribution in [-0.2, 0) is 0 Å². The van der Waals surface area contributed by atoms with Gasteiger partial charge < -0.3 is 4.42 Å². The van der Waals surface area contributed by atoms with E-state index in [4.69, 9.17) is 4.42 Å². The van der Waals surface area contributed by atoms with E-state index >= 15 is 0 Å². The van der Waals surface area contributed by atoms with Gasteiger partial charge >= 0.3 is 0 Å². The Morgan fingerprint density at radius 3 is 2.00 bits per heavy atom. The number of halogens is 1. The quantitative estimate of drug-likeness (QED) is 0.710. The van der Waals surface area contributed by atoms with E-state index in [0.717, 1.165) is 11.5 Å². The zero-order valence-corrected chi connectivity index (χ0v) is 12.3. The Kier molecular flexibility index (Phi) is 3.43. The Bertz CT molecular complexity index is 523. The van der Waals surface area contributed by atoms with Crippen molar-refractivity contribution < 1.29 is 4.42 Å². The maximum atomic E-state index is 5.68. The fourth-order valence-electron chi connectivity index (χ4n) is 2.09. The molecule has 0 saturated heterocycles. The van der Waals surface area contributed by atoms with E-state index in [1.54, 1.807) is 0 Å². The number of hydrogen-bond donors (Lipinski definition) is 0. The minimum atomic E-state index is 0.209. The summed E-state index contributed by atoms with van der Waals surface area (Å²) >= 11 is 3.77. The predicted octanol–water partition coefficient (Wildman–Crippen LogP) is 5.00. The molecule has 1 atom stereocenters. The lowest BCUT2D eigenvalue weighted by Crippen LogP contribution is -1.95. The van der Waals surface area contributed by atoms with Crippen LogP contribution in [0.1, 0.15) is 38.6 Å². The molecular formula is C15H17BrO. The molecule has 0 bridgehead atoms. The van der Waals surface area contributed by atoms with Crippen molar-refractivity contribution in [3.63, 3.8) is 0 Å². The summed E-state index contributed by atoms with van der Waals surface area (Å²) in [7, 11) is 0. The average Bonchev–Trinajstić information content (AvgIpc) is 2.53. The van der Waals surface area contributed by atoms with Crippen molar-refractivity contribution in [2.75, 3.05) is 0 Å². The second kappa shape index (κ2) is 4.69. The van der Waals surface area contributed by atoms with E-state index < -0.39 is 0 Å². The lowest BCUT2D eigenvalue weighted by atomic mass is 10.0. The molecule has 0 saturated carbocycles. The fraction of sp³-hybridized carbons (Fsp3) is 0.333. The summed E-state index contributed by atoms with van der Waals surface area (Å²) in [5, 5.41) is 0. The van der Waals surface area contributed by atoms with Crippen LogP contribution in [0, 0.1) is 27.7 Å². The maximum Gasteiger partial charge on any atom is 0.106 e. The van der Waals surface area contributed by atoms with E-state index in [1.807, 2.05) is 13.8 Å². The molecule has 0 aliphatic carbocycles. The predicted molar refractivity (Wildman–Crippen MR) is 74.9 cm³/mol. The van der Waals surface area contributed by atoms with Crippen LogP contribution in [0.15, 0.2) is 28.7 Å². The lowest BCUT2D eigenvalue weighted by molar-refractivity contribution is 0.500. The number of hydrogen-bond acceptors (Lipinski definition) is 1. The van der Waals surface area contributed by atoms with Gasteiger partial charge in [-0.2, -0.15) is 0 Å². The van der Waals surface area contributed by atoms with Crippen molar-refractivity contribution >= 4 is 15.9 Å². The topological polar surface area (TPSA) is 13.1 Å². The third kappa shape index (κ3) is 2.32. The van der Waals surface area contributed by atoms with E-state index in [-0.39, 0.29) is 4.83 Å². The molecule has 0 amide bonds. The summed E-state index contributed by atoms with van der Waals surface area (Å²) in [6.07, 6.45) is 0. The molecule has 0 fully saturated rings. The summed E-state index contributed by atoms with van der Waals surface area (Å²) in [4.78, 5) is 0.209. The zero-order valence-electron chi connectivity index (χ0n) is 10.7. The Labute approximate surface area is 111 Å². The van der Waals surface area contributed by atoms with Gasteiger partial charge in [0, 0.05) is 5.56 Å². The maximum absolute atomic E-state index is 5.68. The van der Waals surface area contributed by atoms with Gasteiger partial charge in [0.1, 0.15) is 11.5 Å². The number of rotatable bonds is 2. The molecule has 0 aliphatic heterocycles. The van der Waals surface area contributed by atoms with Crippen molar-refractivity contribution in [1.82, 2.24) is 0 Å². The van der Waals surface area contributed by atoms with E-state index in [2.05, 4.69) is 54.0 Å². The molecule has 1 unspecified atom stereocenters. The van der Waals surface area contributed by atoms with Crippen LogP contribution in [-0.4, -0.2) is 0 Å². The average molecular weight is 293 g/mol. The molecule has 2 heteroatoms. The van der Waals surface area contributed by atoms with Gasteiger partial charge in [-0.3, -0.25) is 0 Å². The van der Waals surface area contributed by atoms with Gasteiger partial charge in [0.05, 0.1) is 4.83 Å². The van der Waals surface area contributed by atoms with Gasteiger partial charge in [-0.1, -0.05) is 45.8 Å². The Morgan fingerprint density at radius 1 is 0.941 bits per heavy atom. The monoisotopic (exact) mass is 292 g/mol. The number of alkyl halides is 1. The van der Waals surface area contributed by atoms with Crippen LogP contribution in [0.2, 0.25) is 0 Å². The van der Waals surface area contributed by atoms with Crippen molar-refractivity contribution in [3.8, 4) is 0 Å². The summed E-state index contributed by atoms with van der Waals surface area (Å²) in [5.74, 6) is 2.01. The molecule has 90 valence electrons. The van der Waals surface area contributed by atoms with Crippen LogP contribution < -0.4 is 0 Å². The van der Waals surface area contributed by atoms with Gasteiger partial charge in [-0.15, -0.1) is 0 Å². The molecule has 0 spiro atoms. The van der Waals surface area contributed by atoms with Gasteiger partial charge in [0.25, 0.3) is 0 Å².